The quantitative estimate of drug-likeness (QED) is 0.694. The van der Waals surface area contributed by atoms with Gasteiger partial charge in [0.2, 0.25) is 5.72 Å². The first-order valence-corrected chi connectivity index (χ1v) is 6.48. The number of allylic oxidation sites excluding steroid dienone is 1. The summed E-state index contributed by atoms with van der Waals surface area (Å²) in [5, 5.41) is 4.12. The SMILES string of the molecule is CC(=O)O[C@@]1(C)NC(N)=C(C)c2[nH]c3ccccc3c21. The monoisotopic (exact) mass is 271 g/mol. The van der Waals surface area contributed by atoms with Crippen LogP contribution in [0, 0.1) is 0 Å². The van der Waals surface area contributed by atoms with E-state index in [1.165, 1.54) is 6.92 Å². The molecule has 5 heteroatoms. The minimum absolute atomic E-state index is 0.358. The van der Waals surface area contributed by atoms with Gasteiger partial charge in [-0.15, -0.1) is 0 Å². The van der Waals surface area contributed by atoms with Crippen molar-refractivity contribution in [2.24, 2.45) is 5.73 Å². The highest BCUT2D eigenvalue weighted by Gasteiger charge is 2.39. The number of ether oxygens (including phenoxy) is 1. The lowest BCUT2D eigenvalue weighted by Gasteiger charge is -2.36. The molecule has 0 unspecified atom stereocenters. The van der Waals surface area contributed by atoms with Gasteiger partial charge in [0.15, 0.2) is 0 Å². The summed E-state index contributed by atoms with van der Waals surface area (Å²) in [5.74, 6) is 0.149. The normalized spacial score (nSPS) is 21.6. The number of nitrogens with two attached hydrogens (primary N) is 1. The molecule has 0 bridgehead atoms. The largest absolute Gasteiger partial charge is 0.435 e. The maximum absolute atomic E-state index is 11.4. The smallest absolute Gasteiger partial charge is 0.304 e. The molecule has 1 aliphatic heterocycles. The number of H-pyrrole nitrogens is 1. The maximum Gasteiger partial charge on any atom is 0.304 e. The molecule has 0 aliphatic carbocycles. The molecule has 20 heavy (non-hydrogen) atoms. The third-order valence-corrected chi connectivity index (χ3v) is 3.68. The van der Waals surface area contributed by atoms with E-state index in [4.69, 9.17) is 10.5 Å². The van der Waals surface area contributed by atoms with Gasteiger partial charge in [-0.25, -0.2) is 0 Å². The first kappa shape index (κ1) is 12.6. The average Bonchev–Trinajstić information content (AvgIpc) is 2.75. The minimum atomic E-state index is -0.968. The maximum atomic E-state index is 11.4. The molecule has 1 aliphatic rings. The van der Waals surface area contributed by atoms with Gasteiger partial charge >= 0.3 is 5.97 Å². The molecule has 1 aromatic heterocycles. The number of aromatic amines is 1. The lowest BCUT2D eigenvalue weighted by atomic mass is 9.94. The number of hydrogen-bond donors (Lipinski definition) is 3. The Balaban J connectivity index is 2.33. The van der Waals surface area contributed by atoms with Crippen molar-refractivity contribution >= 4 is 22.4 Å². The summed E-state index contributed by atoms with van der Waals surface area (Å²) in [5.41, 5.74) is 8.79. The van der Waals surface area contributed by atoms with E-state index in [2.05, 4.69) is 10.3 Å². The van der Waals surface area contributed by atoms with Crippen molar-refractivity contribution in [2.45, 2.75) is 26.5 Å². The van der Waals surface area contributed by atoms with Gasteiger partial charge in [-0.05, 0) is 19.9 Å². The number of para-hydroxylation sites is 1. The molecule has 4 N–H and O–H groups in total. The molecule has 104 valence electrons. The van der Waals surface area contributed by atoms with Crippen molar-refractivity contribution in [1.82, 2.24) is 10.3 Å². The molecule has 0 amide bonds. The molecule has 2 heterocycles. The van der Waals surface area contributed by atoms with Gasteiger partial charge in [0.25, 0.3) is 0 Å². The molecule has 0 saturated carbocycles. The van der Waals surface area contributed by atoms with E-state index >= 15 is 0 Å². The second-order valence-corrected chi connectivity index (χ2v) is 5.21. The first-order chi connectivity index (χ1) is 9.42. The molecular weight excluding hydrogens is 254 g/mol. The van der Waals surface area contributed by atoms with Crippen LogP contribution in [0.1, 0.15) is 32.0 Å². The van der Waals surface area contributed by atoms with E-state index in [0.717, 1.165) is 27.7 Å². The number of rotatable bonds is 1. The first-order valence-electron chi connectivity index (χ1n) is 6.48. The van der Waals surface area contributed by atoms with E-state index < -0.39 is 5.72 Å². The predicted molar refractivity (Wildman–Crippen MR) is 77.3 cm³/mol. The highest BCUT2D eigenvalue weighted by Crippen LogP contribution is 2.40. The van der Waals surface area contributed by atoms with Gasteiger partial charge < -0.3 is 20.8 Å². The fraction of sp³-hybridized carbons (Fsp3) is 0.267. The Morgan fingerprint density at radius 2 is 2.05 bits per heavy atom. The number of carbonyl (C=O) groups excluding carboxylic acids is 1. The number of aromatic nitrogens is 1. The third-order valence-electron chi connectivity index (χ3n) is 3.68. The van der Waals surface area contributed by atoms with Gasteiger partial charge in [-0.3, -0.25) is 4.79 Å². The Morgan fingerprint density at radius 1 is 1.35 bits per heavy atom. The predicted octanol–water partition coefficient (Wildman–Crippen LogP) is 2.15. The average molecular weight is 271 g/mol. The molecule has 1 aromatic carbocycles. The standard InChI is InChI=1S/C15H17N3O2/c1-8-13-12(10-6-4-5-7-11(10)17-13)15(3,18-14(8)16)20-9(2)19/h4-7,17-18H,16H2,1-3H3/t15-/m1/s1. The van der Waals surface area contributed by atoms with Gasteiger partial charge in [-0.2, -0.15) is 0 Å². The van der Waals surface area contributed by atoms with Crippen molar-refractivity contribution in [3.8, 4) is 0 Å². The summed E-state index contributed by atoms with van der Waals surface area (Å²) in [4.78, 5) is 14.8. The number of nitrogens with one attached hydrogen (secondary N) is 2. The number of benzene rings is 1. The van der Waals surface area contributed by atoms with Crippen LogP contribution in [0.4, 0.5) is 0 Å². The molecule has 0 saturated heterocycles. The highest BCUT2D eigenvalue weighted by molar-refractivity contribution is 5.91. The lowest BCUT2D eigenvalue weighted by molar-refractivity contribution is -0.159. The van der Waals surface area contributed by atoms with Crippen LogP contribution in [0.15, 0.2) is 30.1 Å². The van der Waals surface area contributed by atoms with E-state index in [-0.39, 0.29) is 5.97 Å². The Bertz CT molecular complexity index is 745. The van der Waals surface area contributed by atoms with Crippen LogP contribution in [0.2, 0.25) is 0 Å². The van der Waals surface area contributed by atoms with Crippen LogP contribution < -0.4 is 11.1 Å². The fourth-order valence-corrected chi connectivity index (χ4v) is 2.83. The zero-order chi connectivity index (χ0) is 14.5. The molecule has 0 spiro atoms. The van der Waals surface area contributed by atoms with Crippen LogP contribution in [0.25, 0.3) is 16.5 Å². The Kier molecular flexibility index (Phi) is 2.54. The van der Waals surface area contributed by atoms with Crippen molar-refractivity contribution in [2.75, 3.05) is 0 Å². The van der Waals surface area contributed by atoms with Crippen molar-refractivity contribution < 1.29 is 9.53 Å². The van der Waals surface area contributed by atoms with Gasteiger partial charge in [0.05, 0.1) is 5.69 Å². The van der Waals surface area contributed by atoms with Crippen LogP contribution in [0.5, 0.6) is 0 Å². The molecule has 0 radical (unpaired) electrons. The summed E-state index contributed by atoms with van der Waals surface area (Å²) < 4.78 is 5.51. The molecular formula is C15H17N3O2. The fourth-order valence-electron chi connectivity index (χ4n) is 2.83. The summed E-state index contributed by atoms with van der Waals surface area (Å²) in [6.07, 6.45) is 0. The van der Waals surface area contributed by atoms with E-state index in [9.17, 15) is 4.79 Å². The molecule has 0 fully saturated rings. The molecule has 1 atom stereocenters. The Morgan fingerprint density at radius 3 is 2.75 bits per heavy atom. The molecule has 5 nitrogen and oxygen atoms in total. The van der Waals surface area contributed by atoms with Crippen LogP contribution in [-0.2, 0) is 15.3 Å². The Hall–Kier alpha value is -2.43. The van der Waals surface area contributed by atoms with Crippen LogP contribution >= 0.6 is 0 Å². The lowest BCUT2D eigenvalue weighted by Crippen LogP contribution is -2.47. The number of hydrogen-bond acceptors (Lipinski definition) is 4. The second kappa shape index (κ2) is 4.03. The van der Waals surface area contributed by atoms with Crippen molar-refractivity contribution in [1.29, 1.82) is 0 Å². The number of fused-ring (bicyclic) bond motifs is 3. The highest BCUT2D eigenvalue weighted by atomic mass is 16.6. The topological polar surface area (TPSA) is 80.1 Å². The number of carbonyl (C=O) groups is 1. The molecule has 2 aromatic rings. The third kappa shape index (κ3) is 1.66. The van der Waals surface area contributed by atoms with Crippen LogP contribution in [0.3, 0.4) is 0 Å². The minimum Gasteiger partial charge on any atom is -0.435 e. The Labute approximate surface area is 116 Å². The number of esters is 1. The zero-order valence-corrected chi connectivity index (χ0v) is 11.7. The van der Waals surface area contributed by atoms with Crippen molar-refractivity contribution in [3.05, 3.63) is 41.3 Å². The zero-order valence-electron chi connectivity index (χ0n) is 11.7. The van der Waals surface area contributed by atoms with Crippen LogP contribution in [-0.4, -0.2) is 11.0 Å². The van der Waals surface area contributed by atoms with Gasteiger partial charge in [0, 0.05) is 29.0 Å². The van der Waals surface area contributed by atoms with Gasteiger partial charge in [-0.1, -0.05) is 18.2 Å². The summed E-state index contributed by atoms with van der Waals surface area (Å²) in [6.45, 7) is 5.14. The van der Waals surface area contributed by atoms with E-state index in [0.29, 0.717) is 5.82 Å². The van der Waals surface area contributed by atoms with Gasteiger partial charge in [0.1, 0.15) is 5.82 Å². The molecule has 3 rings (SSSR count). The van der Waals surface area contributed by atoms with E-state index in [1.54, 1.807) is 0 Å². The summed E-state index contributed by atoms with van der Waals surface area (Å²) in [7, 11) is 0. The second-order valence-electron chi connectivity index (χ2n) is 5.21. The van der Waals surface area contributed by atoms with Crippen molar-refractivity contribution in [3.63, 3.8) is 0 Å². The summed E-state index contributed by atoms with van der Waals surface area (Å²) in [6, 6.07) is 7.92. The summed E-state index contributed by atoms with van der Waals surface area (Å²) >= 11 is 0. The van der Waals surface area contributed by atoms with E-state index in [1.807, 2.05) is 38.1 Å².